The molecule has 0 radical (unpaired) electrons. The zero-order chi connectivity index (χ0) is 21.6. The third-order valence-electron chi connectivity index (χ3n) is 4.95. The molecule has 0 heterocycles. The monoisotopic (exact) mass is 418 g/mol. The van der Waals surface area contributed by atoms with Gasteiger partial charge in [-0.05, 0) is 67.6 Å². The molecule has 1 unspecified atom stereocenters. The molecular weight excluding hydrogens is 388 g/mol. The predicted molar refractivity (Wildman–Crippen MR) is 117 cm³/mol. The molecule has 0 saturated carbocycles. The highest BCUT2D eigenvalue weighted by atomic mass is 32.2. The number of nitrogens with one attached hydrogen (secondary N) is 1. The molecule has 1 amide bonds. The number of carbonyl (C=O) groups is 1. The van der Waals surface area contributed by atoms with E-state index in [4.69, 9.17) is 4.74 Å². The summed E-state index contributed by atoms with van der Waals surface area (Å²) in [7, 11) is -2.02. The van der Waals surface area contributed by atoms with Gasteiger partial charge in [0.05, 0.1) is 19.1 Å². The van der Waals surface area contributed by atoms with Crippen molar-refractivity contribution in [2.45, 2.75) is 39.7 Å². The fraction of sp³-hybridized carbons (Fsp3) is 0.409. The van der Waals surface area contributed by atoms with Crippen molar-refractivity contribution in [3.63, 3.8) is 0 Å². The first-order chi connectivity index (χ1) is 13.7. The number of anilines is 1. The molecule has 0 fully saturated rings. The van der Waals surface area contributed by atoms with Crippen LogP contribution < -0.4 is 14.4 Å². The van der Waals surface area contributed by atoms with E-state index in [2.05, 4.69) is 5.32 Å². The molecule has 158 valence electrons. The summed E-state index contributed by atoms with van der Waals surface area (Å²) < 4.78 is 31.4. The van der Waals surface area contributed by atoms with Crippen LogP contribution in [0.1, 0.15) is 30.0 Å². The third-order valence-corrected chi connectivity index (χ3v) is 6.13. The van der Waals surface area contributed by atoms with Gasteiger partial charge in [-0.15, -0.1) is 0 Å². The van der Waals surface area contributed by atoms with Crippen LogP contribution >= 0.6 is 0 Å². The van der Waals surface area contributed by atoms with Crippen LogP contribution in [0.25, 0.3) is 0 Å². The van der Waals surface area contributed by atoms with Crippen LogP contribution in [0.4, 0.5) is 5.69 Å². The molecule has 2 aromatic rings. The Kier molecular flexibility index (Phi) is 7.67. The van der Waals surface area contributed by atoms with Gasteiger partial charge in [0.1, 0.15) is 11.8 Å². The summed E-state index contributed by atoms with van der Waals surface area (Å²) >= 11 is 0. The minimum atomic E-state index is -3.63. The van der Waals surface area contributed by atoms with Crippen LogP contribution in [0, 0.1) is 13.8 Å². The normalized spacial score (nSPS) is 12.3. The molecule has 1 N–H and O–H groups in total. The molecule has 0 aliphatic heterocycles. The number of hydrogen-bond acceptors (Lipinski definition) is 4. The number of hydrogen-bond donors (Lipinski definition) is 1. The summed E-state index contributed by atoms with van der Waals surface area (Å²) in [4.78, 5) is 12.8. The quantitative estimate of drug-likeness (QED) is 0.678. The Balaban J connectivity index is 2.14. The predicted octanol–water partition coefficient (Wildman–Crippen LogP) is 3.22. The Morgan fingerprint density at radius 3 is 2.28 bits per heavy atom. The molecule has 0 saturated heterocycles. The van der Waals surface area contributed by atoms with Crippen LogP contribution in [0.15, 0.2) is 42.5 Å². The van der Waals surface area contributed by atoms with Crippen LogP contribution in [0.5, 0.6) is 5.75 Å². The molecule has 6 nitrogen and oxygen atoms in total. The lowest BCUT2D eigenvalue weighted by Crippen LogP contribution is -2.49. The van der Waals surface area contributed by atoms with Crippen molar-refractivity contribution in [2.75, 3.05) is 24.2 Å². The number of aryl methyl sites for hydroxylation is 2. The van der Waals surface area contributed by atoms with Crippen LogP contribution in [0.2, 0.25) is 0 Å². The van der Waals surface area contributed by atoms with Crippen LogP contribution in [-0.4, -0.2) is 40.3 Å². The summed E-state index contributed by atoms with van der Waals surface area (Å²) in [5, 5.41) is 2.88. The van der Waals surface area contributed by atoms with E-state index in [1.54, 1.807) is 13.2 Å². The van der Waals surface area contributed by atoms with Gasteiger partial charge in [0, 0.05) is 6.54 Å². The second-order valence-electron chi connectivity index (χ2n) is 7.14. The Bertz CT molecular complexity index is 940. The average molecular weight is 419 g/mol. The lowest BCUT2D eigenvalue weighted by Gasteiger charge is -2.30. The van der Waals surface area contributed by atoms with Crippen molar-refractivity contribution in [1.29, 1.82) is 0 Å². The number of ether oxygens (including phenoxy) is 1. The van der Waals surface area contributed by atoms with Gasteiger partial charge in [0.15, 0.2) is 0 Å². The molecule has 0 aliphatic carbocycles. The van der Waals surface area contributed by atoms with E-state index in [0.717, 1.165) is 28.7 Å². The van der Waals surface area contributed by atoms with Crippen LogP contribution in [-0.2, 0) is 21.2 Å². The highest BCUT2D eigenvalue weighted by Crippen LogP contribution is 2.25. The maximum absolute atomic E-state index is 12.8. The summed E-state index contributed by atoms with van der Waals surface area (Å²) in [5.74, 6) is 0.477. The average Bonchev–Trinajstić information content (AvgIpc) is 2.67. The maximum Gasteiger partial charge on any atom is 0.243 e. The minimum Gasteiger partial charge on any atom is -0.497 e. The second-order valence-corrected chi connectivity index (χ2v) is 9.00. The highest BCUT2D eigenvalue weighted by Gasteiger charge is 2.31. The largest absolute Gasteiger partial charge is 0.497 e. The Hall–Kier alpha value is -2.54. The van der Waals surface area contributed by atoms with Gasteiger partial charge in [-0.25, -0.2) is 8.42 Å². The molecule has 0 bridgehead atoms. The first kappa shape index (κ1) is 22.7. The summed E-state index contributed by atoms with van der Waals surface area (Å²) in [5.41, 5.74) is 3.62. The number of methoxy groups -OCH3 is 1. The van der Waals surface area contributed by atoms with E-state index in [1.807, 2.05) is 57.2 Å². The summed E-state index contributed by atoms with van der Waals surface area (Å²) in [6.07, 6.45) is 2.15. The van der Waals surface area contributed by atoms with Crippen molar-refractivity contribution in [2.24, 2.45) is 0 Å². The van der Waals surface area contributed by atoms with Gasteiger partial charge in [-0.2, -0.15) is 0 Å². The topological polar surface area (TPSA) is 75.7 Å². The van der Waals surface area contributed by atoms with Gasteiger partial charge in [0.2, 0.25) is 15.9 Å². The van der Waals surface area contributed by atoms with E-state index in [1.165, 1.54) is 4.31 Å². The first-order valence-corrected chi connectivity index (χ1v) is 11.5. The number of rotatable bonds is 9. The Morgan fingerprint density at radius 1 is 1.10 bits per heavy atom. The number of sulfonamides is 1. The highest BCUT2D eigenvalue weighted by molar-refractivity contribution is 7.92. The van der Waals surface area contributed by atoms with E-state index < -0.39 is 16.1 Å². The van der Waals surface area contributed by atoms with E-state index in [0.29, 0.717) is 25.1 Å². The van der Waals surface area contributed by atoms with Crippen molar-refractivity contribution >= 4 is 21.6 Å². The van der Waals surface area contributed by atoms with Crippen LogP contribution in [0.3, 0.4) is 0 Å². The minimum absolute atomic E-state index is 0.301. The zero-order valence-corrected chi connectivity index (χ0v) is 18.5. The molecular formula is C22H30N2O4S. The standard InChI is InChI=1S/C22H30N2O4S/c1-6-21(22(25)23-14-13-18-8-11-20(28-4)12-9-18)24(29(5,26)27)19-10-7-16(2)17(3)15-19/h7-12,15,21H,6,13-14H2,1-5H3,(H,23,25). The van der Waals surface area contributed by atoms with Crippen molar-refractivity contribution in [1.82, 2.24) is 5.32 Å². The van der Waals surface area contributed by atoms with E-state index in [-0.39, 0.29) is 5.91 Å². The van der Waals surface area contributed by atoms with E-state index in [9.17, 15) is 13.2 Å². The number of nitrogens with zero attached hydrogens (tertiary/aromatic N) is 1. The SMILES string of the molecule is CCC(C(=O)NCCc1ccc(OC)cc1)N(c1ccc(C)c(C)c1)S(C)(=O)=O. The zero-order valence-electron chi connectivity index (χ0n) is 17.7. The van der Waals surface area contributed by atoms with Crippen molar-refractivity contribution in [3.8, 4) is 5.75 Å². The summed E-state index contributed by atoms with van der Waals surface area (Å²) in [6, 6.07) is 12.3. The molecule has 0 aromatic heterocycles. The van der Waals surface area contributed by atoms with Gasteiger partial charge >= 0.3 is 0 Å². The molecule has 2 rings (SSSR count). The fourth-order valence-corrected chi connectivity index (χ4v) is 4.37. The number of benzene rings is 2. The second kappa shape index (κ2) is 9.78. The van der Waals surface area contributed by atoms with Gasteiger partial charge < -0.3 is 10.1 Å². The summed E-state index contributed by atoms with van der Waals surface area (Å²) in [6.45, 7) is 6.13. The molecule has 0 spiro atoms. The van der Waals surface area contributed by atoms with Gasteiger partial charge in [0.25, 0.3) is 0 Å². The van der Waals surface area contributed by atoms with E-state index >= 15 is 0 Å². The molecule has 29 heavy (non-hydrogen) atoms. The van der Waals surface area contributed by atoms with Crippen molar-refractivity contribution < 1.29 is 17.9 Å². The lowest BCUT2D eigenvalue weighted by atomic mass is 10.1. The van der Waals surface area contributed by atoms with Gasteiger partial charge in [-0.3, -0.25) is 9.10 Å². The molecule has 1 atom stereocenters. The smallest absolute Gasteiger partial charge is 0.243 e. The Morgan fingerprint density at radius 2 is 1.76 bits per heavy atom. The van der Waals surface area contributed by atoms with Gasteiger partial charge in [-0.1, -0.05) is 25.1 Å². The molecule has 0 aliphatic rings. The molecule has 2 aromatic carbocycles. The fourth-order valence-electron chi connectivity index (χ4n) is 3.16. The first-order valence-electron chi connectivity index (χ1n) is 9.64. The lowest BCUT2D eigenvalue weighted by molar-refractivity contribution is -0.122. The maximum atomic E-state index is 12.8. The van der Waals surface area contributed by atoms with Crippen molar-refractivity contribution in [3.05, 3.63) is 59.2 Å². The Labute approximate surface area is 173 Å². The number of amides is 1. The number of carbonyl (C=O) groups excluding carboxylic acids is 1. The third kappa shape index (κ3) is 5.97. The molecule has 7 heteroatoms.